The lowest BCUT2D eigenvalue weighted by Crippen LogP contribution is -3.06. The van der Waals surface area contributed by atoms with Crippen LogP contribution in [0.3, 0.4) is 0 Å². The van der Waals surface area contributed by atoms with Gasteiger partial charge in [-0.05, 0) is 0 Å². The van der Waals surface area contributed by atoms with Crippen molar-refractivity contribution in [2.75, 3.05) is 47.4 Å². The fourth-order valence-corrected chi connectivity index (χ4v) is 1.96. The van der Waals surface area contributed by atoms with E-state index in [-0.39, 0.29) is 0 Å². The molecule has 6 nitrogen and oxygen atoms in total. The molecule has 0 bridgehead atoms. The summed E-state index contributed by atoms with van der Waals surface area (Å²) in [5.74, 6) is 0. The van der Waals surface area contributed by atoms with Crippen LogP contribution in [0.2, 0.25) is 0 Å². The highest BCUT2D eigenvalue weighted by atomic mass is 31.2. The van der Waals surface area contributed by atoms with Crippen LogP contribution in [-0.2, 0) is 9.09 Å². The van der Waals surface area contributed by atoms with Crippen LogP contribution in [-0.4, -0.2) is 47.4 Å². The molecule has 0 saturated carbocycles. The molecule has 2 rings (SSSR count). The van der Waals surface area contributed by atoms with Crippen LogP contribution in [0.15, 0.2) is 0 Å². The molecule has 2 saturated heterocycles. The number of rotatable bonds is 1. The second-order valence-electron chi connectivity index (χ2n) is 4.96. The van der Waals surface area contributed by atoms with Crippen LogP contribution in [0.25, 0.3) is 0 Å². The van der Waals surface area contributed by atoms with E-state index in [1.165, 1.54) is 51.9 Å². The summed E-state index contributed by atoms with van der Waals surface area (Å²) in [6.45, 7) is 5.61. The second kappa shape index (κ2) is 9.89. The van der Waals surface area contributed by atoms with Gasteiger partial charge in [0, 0.05) is 32.8 Å². The third kappa shape index (κ3) is 12.5. The Morgan fingerprint density at radius 3 is 1.17 bits per heavy atom. The van der Waals surface area contributed by atoms with Crippen molar-refractivity contribution >= 4 is 7.82 Å². The number of hydrogen-bond acceptors (Lipinski definition) is 4. The van der Waals surface area contributed by atoms with E-state index in [2.05, 4.69) is 18.6 Å². The summed E-state index contributed by atoms with van der Waals surface area (Å²) in [4.78, 5) is 21.9. The van der Waals surface area contributed by atoms with Gasteiger partial charge in [-0.15, -0.1) is 0 Å². The van der Waals surface area contributed by atoms with Gasteiger partial charge < -0.3 is 28.7 Å². The quantitative estimate of drug-likeness (QED) is 0.504. The van der Waals surface area contributed by atoms with Crippen molar-refractivity contribution in [1.82, 2.24) is 0 Å². The molecular weight excluding hydrogens is 255 g/mol. The van der Waals surface area contributed by atoms with E-state index in [1.54, 1.807) is 9.80 Å². The Hall–Kier alpha value is 0.0300. The highest BCUT2D eigenvalue weighted by Gasteiger charge is 2.08. The fourth-order valence-electron chi connectivity index (χ4n) is 1.96. The molecule has 0 aromatic carbocycles. The average molecular weight is 282 g/mol. The number of phosphoric acid groups is 1. The number of phosphoric ester groups is 1. The van der Waals surface area contributed by atoms with E-state index >= 15 is 0 Å². The van der Waals surface area contributed by atoms with Crippen molar-refractivity contribution in [3.63, 3.8) is 0 Å². The summed E-state index contributed by atoms with van der Waals surface area (Å²) >= 11 is 0. The zero-order valence-corrected chi connectivity index (χ0v) is 12.6. The van der Waals surface area contributed by atoms with Crippen LogP contribution in [0.5, 0.6) is 0 Å². The highest BCUT2D eigenvalue weighted by molar-refractivity contribution is 7.43. The lowest BCUT2D eigenvalue weighted by atomic mass is 10.4. The molecule has 0 aromatic heterocycles. The average Bonchev–Trinajstić information content (AvgIpc) is 2.92. The molecule has 2 N–H and O–H groups in total. The summed E-state index contributed by atoms with van der Waals surface area (Å²) in [6, 6.07) is 0. The standard InChI is InChI=1S/2C5H11N.CH5O4P/c2*1-6-4-2-3-5-6;1-5-6(2,3)4/h2*2-5H2,1H3;1H3,(H2,2,3,4). The van der Waals surface area contributed by atoms with Crippen molar-refractivity contribution in [3.05, 3.63) is 0 Å². The summed E-state index contributed by atoms with van der Waals surface area (Å²) in [6.07, 6.45) is 5.80. The molecule has 110 valence electrons. The SMILES string of the molecule is COP(=O)([O-])[O-].C[NH+]1CCCC1.C[NH+]1CCCC1. The van der Waals surface area contributed by atoms with Crippen LogP contribution in [0, 0.1) is 0 Å². The van der Waals surface area contributed by atoms with Crippen molar-refractivity contribution in [1.29, 1.82) is 0 Å². The summed E-state index contributed by atoms with van der Waals surface area (Å²) in [5.41, 5.74) is 0. The van der Waals surface area contributed by atoms with Crippen molar-refractivity contribution in [3.8, 4) is 0 Å². The third-order valence-electron chi connectivity index (χ3n) is 3.14. The largest absolute Gasteiger partial charge is 0.790 e. The summed E-state index contributed by atoms with van der Waals surface area (Å²) in [7, 11) is 0.688. The molecule has 7 heteroatoms. The first kappa shape index (κ1) is 18.0. The predicted molar refractivity (Wildman–Crippen MR) is 66.3 cm³/mol. The molecule has 18 heavy (non-hydrogen) atoms. The maximum atomic E-state index is 9.25. The van der Waals surface area contributed by atoms with Crippen LogP contribution < -0.4 is 19.6 Å². The molecule has 0 amide bonds. The molecular formula is C11H27N2O4P. The molecule has 2 aliphatic heterocycles. The molecule has 0 radical (unpaired) electrons. The minimum absolute atomic E-state index is 0.820. The first-order valence-electron chi connectivity index (χ1n) is 6.55. The lowest BCUT2D eigenvalue weighted by molar-refractivity contribution is -0.866. The van der Waals surface area contributed by atoms with E-state index in [4.69, 9.17) is 0 Å². The van der Waals surface area contributed by atoms with Gasteiger partial charge in [-0.1, -0.05) is 0 Å². The zero-order valence-electron chi connectivity index (χ0n) is 11.7. The second-order valence-corrected chi connectivity index (χ2v) is 6.22. The monoisotopic (exact) mass is 282 g/mol. The Bertz CT molecular complexity index is 221. The van der Waals surface area contributed by atoms with Gasteiger partial charge in [0.25, 0.3) is 0 Å². The van der Waals surface area contributed by atoms with Gasteiger partial charge >= 0.3 is 0 Å². The Morgan fingerprint density at radius 2 is 1.11 bits per heavy atom. The van der Waals surface area contributed by atoms with E-state index in [9.17, 15) is 14.4 Å². The highest BCUT2D eigenvalue weighted by Crippen LogP contribution is 2.21. The molecule has 2 aliphatic rings. The van der Waals surface area contributed by atoms with Crippen molar-refractivity contribution in [2.24, 2.45) is 0 Å². The van der Waals surface area contributed by atoms with E-state index in [0.29, 0.717) is 0 Å². The molecule has 2 heterocycles. The maximum absolute atomic E-state index is 9.25. The number of likely N-dealkylation sites (tertiary alicyclic amines) is 2. The zero-order chi connectivity index (χ0) is 14.0. The van der Waals surface area contributed by atoms with E-state index in [1.807, 2.05) is 0 Å². The van der Waals surface area contributed by atoms with Gasteiger partial charge in [0.2, 0.25) is 0 Å². The van der Waals surface area contributed by atoms with Crippen LogP contribution >= 0.6 is 7.82 Å². The minimum atomic E-state index is -4.65. The van der Waals surface area contributed by atoms with Crippen molar-refractivity contribution in [2.45, 2.75) is 25.7 Å². The number of hydrogen-bond donors (Lipinski definition) is 2. The molecule has 2 fully saturated rings. The number of nitrogens with one attached hydrogen (secondary N) is 2. The van der Waals surface area contributed by atoms with Crippen LogP contribution in [0.1, 0.15) is 25.7 Å². The normalized spacial score (nSPS) is 20.9. The Balaban J connectivity index is 0.000000241. The van der Waals surface area contributed by atoms with E-state index in [0.717, 1.165) is 7.11 Å². The lowest BCUT2D eigenvalue weighted by Gasteiger charge is -2.25. The molecule has 0 unspecified atom stereocenters. The van der Waals surface area contributed by atoms with Gasteiger partial charge in [-0.2, -0.15) is 0 Å². The minimum Gasteiger partial charge on any atom is -0.790 e. The van der Waals surface area contributed by atoms with Crippen LogP contribution in [0.4, 0.5) is 0 Å². The Morgan fingerprint density at radius 1 is 0.889 bits per heavy atom. The molecule has 0 atom stereocenters. The van der Waals surface area contributed by atoms with E-state index < -0.39 is 7.82 Å². The molecule has 0 aliphatic carbocycles. The smallest absolute Gasteiger partial charge is 0.0771 e. The third-order valence-corrected chi connectivity index (χ3v) is 3.59. The Kier molecular flexibility index (Phi) is 9.91. The van der Waals surface area contributed by atoms with Gasteiger partial charge in [0.05, 0.1) is 48.1 Å². The van der Waals surface area contributed by atoms with Crippen molar-refractivity contribution < 1.29 is 28.7 Å². The Labute approximate surface area is 110 Å². The molecule has 0 aromatic rings. The topological polar surface area (TPSA) is 81.3 Å². The van der Waals surface area contributed by atoms with Gasteiger partial charge in [0.1, 0.15) is 0 Å². The number of quaternary nitrogens is 2. The summed E-state index contributed by atoms with van der Waals surface area (Å²) in [5, 5.41) is 0. The van der Waals surface area contributed by atoms with Gasteiger partial charge in [-0.3, -0.25) is 0 Å². The predicted octanol–water partition coefficient (Wildman–Crippen LogP) is -2.95. The molecule has 0 spiro atoms. The van der Waals surface area contributed by atoms with Gasteiger partial charge in [0.15, 0.2) is 0 Å². The maximum Gasteiger partial charge on any atom is 0.0771 e. The van der Waals surface area contributed by atoms with Gasteiger partial charge in [-0.25, -0.2) is 0 Å². The fraction of sp³-hybridized carbons (Fsp3) is 1.00. The first-order valence-corrected chi connectivity index (χ1v) is 8.01. The first-order chi connectivity index (χ1) is 8.35. The summed E-state index contributed by atoms with van der Waals surface area (Å²) < 4.78 is 12.6.